The van der Waals surface area contributed by atoms with Gasteiger partial charge in [0.25, 0.3) is 5.91 Å². The van der Waals surface area contributed by atoms with Gasteiger partial charge < -0.3 is 20.1 Å². The third kappa shape index (κ3) is 4.25. The Kier molecular flexibility index (Phi) is 4.96. The van der Waals surface area contributed by atoms with Gasteiger partial charge in [-0.2, -0.15) is 0 Å². The molecule has 6 heteroatoms. The molecule has 0 aromatic heterocycles. The van der Waals surface area contributed by atoms with Crippen LogP contribution >= 0.6 is 0 Å². The van der Waals surface area contributed by atoms with Crippen LogP contribution in [-0.2, 0) is 16.1 Å². The summed E-state index contributed by atoms with van der Waals surface area (Å²) in [6.07, 6.45) is 0.284. The van der Waals surface area contributed by atoms with E-state index < -0.39 is 0 Å². The summed E-state index contributed by atoms with van der Waals surface area (Å²) in [5.41, 5.74) is 1.56. The van der Waals surface area contributed by atoms with Crippen LogP contribution in [0.2, 0.25) is 0 Å². The highest BCUT2D eigenvalue weighted by molar-refractivity contribution is 5.95. The number of carbonyl (C=O) groups is 2. The third-order valence-corrected chi connectivity index (χ3v) is 3.51. The van der Waals surface area contributed by atoms with Gasteiger partial charge in [0, 0.05) is 6.54 Å². The molecule has 0 radical (unpaired) electrons. The number of rotatable bonds is 6. The maximum atomic E-state index is 11.9. The maximum Gasteiger partial charge on any atom is 0.262 e. The van der Waals surface area contributed by atoms with Gasteiger partial charge in [-0.3, -0.25) is 9.59 Å². The number of hydrogen-bond donors (Lipinski definition) is 2. The first-order valence-corrected chi connectivity index (χ1v) is 7.71. The summed E-state index contributed by atoms with van der Waals surface area (Å²) in [5.74, 6) is 1.12. The Balaban J connectivity index is 1.44. The second-order valence-electron chi connectivity index (χ2n) is 5.36. The van der Waals surface area contributed by atoms with Crippen molar-refractivity contribution in [2.24, 2.45) is 0 Å². The molecule has 24 heavy (non-hydrogen) atoms. The summed E-state index contributed by atoms with van der Waals surface area (Å²) in [7, 11) is 0. The summed E-state index contributed by atoms with van der Waals surface area (Å²) in [6, 6.07) is 14.8. The monoisotopic (exact) mass is 326 g/mol. The van der Waals surface area contributed by atoms with Gasteiger partial charge >= 0.3 is 0 Å². The normalized spacial score (nSPS) is 12.6. The lowest BCUT2D eigenvalue weighted by Gasteiger charge is -2.18. The van der Waals surface area contributed by atoms with Crippen LogP contribution in [-0.4, -0.2) is 25.0 Å². The van der Waals surface area contributed by atoms with Gasteiger partial charge in [0.2, 0.25) is 5.91 Å². The van der Waals surface area contributed by atoms with Gasteiger partial charge in [-0.25, -0.2) is 0 Å². The molecule has 0 unspecified atom stereocenters. The van der Waals surface area contributed by atoms with E-state index in [4.69, 9.17) is 9.47 Å². The molecule has 0 atom stereocenters. The molecule has 0 bridgehead atoms. The lowest BCUT2D eigenvalue weighted by Crippen LogP contribution is -2.26. The lowest BCUT2D eigenvalue weighted by molar-refractivity contribution is -0.121. The Morgan fingerprint density at radius 1 is 1.21 bits per heavy atom. The van der Waals surface area contributed by atoms with E-state index in [0.29, 0.717) is 24.6 Å². The molecule has 0 saturated carbocycles. The molecule has 2 amide bonds. The van der Waals surface area contributed by atoms with Crippen LogP contribution in [0.15, 0.2) is 48.5 Å². The zero-order valence-electron chi connectivity index (χ0n) is 13.1. The molecule has 0 spiro atoms. The minimum atomic E-state index is -0.165. The van der Waals surface area contributed by atoms with Crippen LogP contribution in [0.4, 0.5) is 5.69 Å². The Hall–Kier alpha value is -3.02. The van der Waals surface area contributed by atoms with Crippen LogP contribution in [0.5, 0.6) is 11.5 Å². The van der Waals surface area contributed by atoms with Crippen molar-refractivity contribution in [2.45, 2.75) is 13.0 Å². The van der Waals surface area contributed by atoms with Gasteiger partial charge in [0.05, 0.1) is 18.7 Å². The van der Waals surface area contributed by atoms with E-state index in [0.717, 1.165) is 11.3 Å². The van der Waals surface area contributed by atoms with Crippen molar-refractivity contribution < 1.29 is 19.1 Å². The first kappa shape index (κ1) is 15.9. The molecule has 124 valence electrons. The zero-order valence-corrected chi connectivity index (χ0v) is 13.1. The number of benzene rings is 2. The number of anilines is 1. The number of carbonyl (C=O) groups excluding carboxylic acids is 2. The first-order chi connectivity index (χ1) is 11.7. The Morgan fingerprint density at radius 2 is 2.04 bits per heavy atom. The molecule has 0 fully saturated rings. The number of hydrogen-bond acceptors (Lipinski definition) is 4. The zero-order chi connectivity index (χ0) is 16.8. The maximum absolute atomic E-state index is 11.9. The molecule has 1 heterocycles. The molecule has 2 aromatic carbocycles. The fraction of sp³-hybridized carbons (Fsp3) is 0.222. The standard InChI is InChI=1S/C18H18N2O4/c21-17(8-9-23-14-4-2-1-3-5-14)19-11-13-6-7-15-16(10-13)24-12-18(22)20-15/h1-7,10H,8-9,11-12H2,(H,19,21)(H,20,22). The first-order valence-electron chi connectivity index (χ1n) is 7.71. The second-order valence-corrected chi connectivity index (χ2v) is 5.36. The smallest absolute Gasteiger partial charge is 0.262 e. The molecular formula is C18H18N2O4. The fourth-order valence-electron chi connectivity index (χ4n) is 2.30. The number of ether oxygens (including phenoxy) is 2. The second kappa shape index (κ2) is 7.50. The van der Waals surface area contributed by atoms with Gasteiger partial charge in [-0.15, -0.1) is 0 Å². The van der Waals surface area contributed by atoms with E-state index >= 15 is 0 Å². The number of para-hydroxylation sites is 1. The predicted octanol–water partition coefficient (Wildman–Crippen LogP) is 2.10. The van der Waals surface area contributed by atoms with E-state index in [9.17, 15) is 9.59 Å². The molecule has 0 saturated heterocycles. The average molecular weight is 326 g/mol. The van der Waals surface area contributed by atoms with Gasteiger partial charge in [-0.05, 0) is 29.8 Å². The highest BCUT2D eigenvalue weighted by atomic mass is 16.5. The largest absolute Gasteiger partial charge is 0.493 e. The minimum absolute atomic E-state index is 0.0135. The summed E-state index contributed by atoms with van der Waals surface area (Å²) >= 11 is 0. The average Bonchev–Trinajstić information content (AvgIpc) is 2.61. The van der Waals surface area contributed by atoms with E-state index in [-0.39, 0.29) is 24.8 Å². The van der Waals surface area contributed by atoms with Crippen molar-refractivity contribution in [2.75, 3.05) is 18.5 Å². The molecule has 1 aliphatic heterocycles. The SMILES string of the molecule is O=C(CCOc1ccccc1)NCc1ccc2c(c1)OCC(=O)N2. The van der Waals surface area contributed by atoms with Crippen LogP contribution in [0.3, 0.4) is 0 Å². The topological polar surface area (TPSA) is 76.7 Å². The van der Waals surface area contributed by atoms with Crippen LogP contribution < -0.4 is 20.1 Å². The highest BCUT2D eigenvalue weighted by Gasteiger charge is 2.15. The summed E-state index contributed by atoms with van der Waals surface area (Å²) < 4.78 is 10.8. The molecular weight excluding hydrogens is 308 g/mol. The molecule has 2 N–H and O–H groups in total. The predicted molar refractivity (Wildman–Crippen MR) is 89.0 cm³/mol. The quantitative estimate of drug-likeness (QED) is 0.852. The van der Waals surface area contributed by atoms with Gasteiger partial charge in [0.15, 0.2) is 6.61 Å². The van der Waals surface area contributed by atoms with E-state index in [2.05, 4.69) is 10.6 Å². The van der Waals surface area contributed by atoms with Crippen molar-refractivity contribution in [3.8, 4) is 11.5 Å². The lowest BCUT2D eigenvalue weighted by atomic mass is 10.1. The highest BCUT2D eigenvalue weighted by Crippen LogP contribution is 2.28. The number of amides is 2. The Labute approximate surface area is 139 Å². The van der Waals surface area contributed by atoms with Gasteiger partial charge in [-0.1, -0.05) is 24.3 Å². The summed E-state index contributed by atoms with van der Waals surface area (Å²) in [6.45, 7) is 0.740. The number of nitrogens with one attached hydrogen (secondary N) is 2. The van der Waals surface area contributed by atoms with E-state index in [1.54, 1.807) is 6.07 Å². The Morgan fingerprint density at radius 3 is 2.88 bits per heavy atom. The van der Waals surface area contributed by atoms with E-state index in [1.165, 1.54) is 0 Å². The molecule has 1 aliphatic rings. The molecule has 6 nitrogen and oxygen atoms in total. The van der Waals surface area contributed by atoms with Crippen molar-refractivity contribution in [3.05, 3.63) is 54.1 Å². The molecule has 0 aliphatic carbocycles. The van der Waals surface area contributed by atoms with Gasteiger partial charge in [0.1, 0.15) is 11.5 Å². The van der Waals surface area contributed by atoms with Crippen molar-refractivity contribution in [1.29, 1.82) is 0 Å². The van der Waals surface area contributed by atoms with Crippen molar-refractivity contribution >= 4 is 17.5 Å². The molecule has 2 aromatic rings. The Bertz CT molecular complexity index is 731. The number of fused-ring (bicyclic) bond motifs is 1. The minimum Gasteiger partial charge on any atom is -0.493 e. The third-order valence-electron chi connectivity index (χ3n) is 3.51. The fourth-order valence-corrected chi connectivity index (χ4v) is 2.30. The van der Waals surface area contributed by atoms with Crippen LogP contribution in [0, 0.1) is 0 Å². The summed E-state index contributed by atoms with van der Waals surface area (Å²) in [5, 5.41) is 5.57. The molecule has 3 rings (SSSR count). The summed E-state index contributed by atoms with van der Waals surface area (Å²) in [4.78, 5) is 23.1. The van der Waals surface area contributed by atoms with Crippen molar-refractivity contribution in [3.63, 3.8) is 0 Å². The van der Waals surface area contributed by atoms with E-state index in [1.807, 2.05) is 42.5 Å². The van der Waals surface area contributed by atoms with Crippen LogP contribution in [0.1, 0.15) is 12.0 Å². The van der Waals surface area contributed by atoms with Crippen molar-refractivity contribution in [1.82, 2.24) is 5.32 Å². The van der Waals surface area contributed by atoms with Crippen LogP contribution in [0.25, 0.3) is 0 Å².